The van der Waals surface area contributed by atoms with Gasteiger partial charge in [0.25, 0.3) is 5.91 Å². The van der Waals surface area contributed by atoms with Gasteiger partial charge in [-0.05, 0) is 42.3 Å². The van der Waals surface area contributed by atoms with E-state index in [4.69, 9.17) is 4.52 Å². The minimum Gasteiger partial charge on any atom is -0.343 e. The highest BCUT2D eigenvalue weighted by atomic mass is 16.5. The van der Waals surface area contributed by atoms with E-state index in [-0.39, 0.29) is 18.4 Å². The van der Waals surface area contributed by atoms with Gasteiger partial charge in [-0.2, -0.15) is 4.98 Å². The van der Waals surface area contributed by atoms with E-state index in [9.17, 15) is 9.59 Å². The number of benzene rings is 2. The van der Waals surface area contributed by atoms with Crippen molar-refractivity contribution >= 4 is 17.5 Å². The molecule has 3 aromatic rings. The van der Waals surface area contributed by atoms with Gasteiger partial charge in [-0.15, -0.1) is 0 Å². The van der Waals surface area contributed by atoms with E-state index >= 15 is 0 Å². The van der Waals surface area contributed by atoms with Crippen LogP contribution in [0, 0.1) is 6.92 Å². The fourth-order valence-corrected chi connectivity index (χ4v) is 3.16. The molecule has 7 heteroatoms. The predicted octanol–water partition coefficient (Wildman–Crippen LogP) is 2.36. The highest BCUT2D eigenvalue weighted by Gasteiger charge is 2.25. The van der Waals surface area contributed by atoms with E-state index < -0.39 is 0 Å². The first-order valence-corrected chi connectivity index (χ1v) is 8.69. The summed E-state index contributed by atoms with van der Waals surface area (Å²) in [6.45, 7) is 2.29. The van der Waals surface area contributed by atoms with Crippen molar-refractivity contribution in [2.24, 2.45) is 0 Å². The summed E-state index contributed by atoms with van der Waals surface area (Å²) >= 11 is 0. The van der Waals surface area contributed by atoms with E-state index in [1.54, 1.807) is 36.1 Å². The molecule has 1 aliphatic heterocycles. The maximum Gasteiger partial charge on any atom is 0.251 e. The lowest BCUT2D eigenvalue weighted by molar-refractivity contribution is -0.117. The fourth-order valence-electron chi connectivity index (χ4n) is 3.16. The molecule has 27 heavy (non-hydrogen) atoms. The summed E-state index contributed by atoms with van der Waals surface area (Å²) in [7, 11) is 0. The van der Waals surface area contributed by atoms with Crippen LogP contribution in [-0.2, 0) is 11.2 Å². The molecule has 0 unspecified atom stereocenters. The molecule has 136 valence electrons. The highest BCUT2D eigenvalue weighted by molar-refractivity contribution is 6.01. The molecule has 2 heterocycles. The lowest BCUT2D eigenvalue weighted by atomic mass is 10.1. The number of nitrogens with one attached hydrogen (secondary N) is 1. The van der Waals surface area contributed by atoms with E-state index in [1.807, 2.05) is 24.3 Å². The van der Waals surface area contributed by atoms with Crippen molar-refractivity contribution in [2.45, 2.75) is 13.3 Å². The van der Waals surface area contributed by atoms with Crippen LogP contribution in [0.25, 0.3) is 11.4 Å². The van der Waals surface area contributed by atoms with Gasteiger partial charge in [0.1, 0.15) is 0 Å². The van der Waals surface area contributed by atoms with Crippen molar-refractivity contribution in [3.63, 3.8) is 0 Å². The lowest BCUT2D eigenvalue weighted by Gasteiger charge is -2.18. The summed E-state index contributed by atoms with van der Waals surface area (Å²) in [6, 6.07) is 14.6. The molecule has 1 aromatic heterocycles. The standard InChI is InChI=1S/C20H18N4O3/c1-13-22-19(23-27-13)16-7-8-17-15(11-16)9-10-24(17)18(25)12-21-20(26)14-5-3-2-4-6-14/h2-8,11H,9-10,12H2,1H3,(H,21,26). The molecule has 0 fully saturated rings. The molecular formula is C20H18N4O3. The highest BCUT2D eigenvalue weighted by Crippen LogP contribution is 2.31. The van der Waals surface area contributed by atoms with Gasteiger partial charge in [0, 0.05) is 30.3 Å². The SMILES string of the molecule is Cc1nc(-c2ccc3c(c2)CCN3C(=O)CNC(=O)c2ccccc2)no1. The zero-order valence-corrected chi connectivity index (χ0v) is 14.8. The van der Waals surface area contributed by atoms with Crippen LogP contribution in [-0.4, -0.2) is 35.0 Å². The molecule has 0 aliphatic carbocycles. The van der Waals surface area contributed by atoms with Gasteiger partial charge in [0.15, 0.2) is 0 Å². The minimum atomic E-state index is -0.258. The van der Waals surface area contributed by atoms with Gasteiger partial charge < -0.3 is 14.7 Å². The molecule has 4 rings (SSSR count). The normalized spacial score (nSPS) is 12.7. The molecule has 0 bridgehead atoms. The summed E-state index contributed by atoms with van der Waals surface area (Å²) in [5, 5.41) is 6.61. The topological polar surface area (TPSA) is 88.3 Å². The molecule has 0 spiro atoms. The Morgan fingerprint density at radius 1 is 1.19 bits per heavy atom. The molecule has 0 atom stereocenters. The van der Waals surface area contributed by atoms with Crippen molar-refractivity contribution in [1.29, 1.82) is 0 Å². The summed E-state index contributed by atoms with van der Waals surface area (Å²) in [6.07, 6.45) is 0.748. The molecule has 1 aliphatic rings. The summed E-state index contributed by atoms with van der Waals surface area (Å²) < 4.78 is 5.02. The van der Waals surface area contributed by atoms with Crippen LogP contribution in [0.15, 0.2) is 53.1 Å². The zero-order chi connectivity index (χ0) is 18.8. The Balaban J connectivity index is 1.44. The number of fused-ring (bicyclic) bond motifs is 1. The minimum absolute atomic E-state index is 0.0427. The van der Waals surface area contributed by atoms with Gasteiger partial charge in [-0.1, -0.05) is 23.4 Å². The molecule has 0 saturated carbocycles. The van der Waals surface area contributed by atoms with E-state index in [0.29, 0.717) is 23.8 Å². The summed E-state index contributed by atoms with van der Waals surface area (Å²) in [4.78, 5) is 30.6. The monoisotopic (exact) mass is 362 g/mol. The van der Waals surface area contributed by atoms with E-state index in [2.05, 4.69) is 15.5 Å². The first-order chi connectivity index (χ1) is 13.1. The van der Waals surface area contributed by atoms with E-state index in [0.717, 1.165) is 23.2 Å². The van der Waals surface area contributed by atoms with Gasteiger partial charge >= 0.3 is 0 Å². The zero-order valence-electron chi connectivity index (χ0n) is 14.8. The largest absolute Gasteiger partial charge is 0.343 e. The number of anilines is 1. The predicted molar refractivity (Wildman–Crippen MR) is 99.3 cm³/mol. The average molecular weight is 362 g/mol. The van der Waals surface area contributed by atoms with Gasteiger partial charge in [-0.3, -0.25) is 9.59 Å². The maximum absolute atomic E-state index is 12.6. The number of carbonyl (C=O) groups excluding carboxylic acids is 2. The first-order valence-electron chi connectivity index (χ1n) is 8.69. The number of carbonyl (C=O) groups is 2. The molecule has 2 aromatic carbocycles. The number of aromatic nitrogens is 2. The maximum atomic E-state index is 12.6. The second-order valence-corrected chi connectivity index (χ2v) is 6.32. The second-order valence-electron chi connectivity index (χ2n) is 6.32. The first kappa shape index (κ1) is 17.0. The van der Waals surface area contributed by atoms with E-state index in [1.165, 1.54) is 0 Å². The number of rotatable bonds is 4. The number of nitrogens with zero attached hydrogens (tertiary/aromatic N) is 3. The lowest BCUT2D eigenvalue weighted by Crippen LogP contribution is -2.39. The van der Waals surface area contributed by atoms with Crippen LogP contribution in [0.2, 0.25) is 0 Å². The Morgan fingerprint density at radius 2 is 2.00 bits per heavy atom. The Labute approximate surface area is 156 Å². The van der Waals surface area contributed by atoms with Crippen molar-refractivity contribution in [3.8, 4) is 11.4 Å². The van der Waals surface area contributed by atoms with Crippen LogP contribution in [0.1, 0.15) is 21.8 Å². The van der Waals surface area contributed by atoms with Gasteiger partial charge in [-0.25, -0.2) is 0 Å². The second kappa shape index (κ2) is 7.03. The molecule has 2 amide bonds. The summed E-state index contributed by atoms with van der Waals surface area (Å²) in [5.74, 6) is 0.652. The smallest absolute Gasteiger partial charge is 0.251 e. The number of aryl methyl sites for hydroxylation is 1. The Bertz CT molecular complexity index is 997. The van der Waals surface area contributed by atoms with Gasteiger partial charge in [0.2, 0.25) is 17.6 Å². The molecular weight excluding hydrogens is 344 g/mol. The van der Waals surface area contributed by atoms with Crippen LogP contribution in [0.4, 0.5) is 5.69 Å². The Kier molecular flexibility index (Phi) is 4.42. The van der Waals surface area contributed by atoms with Crippen molar-refractivity contribution in [3.05, 3.63) is 65.5 Å². The van der Waals surface area contributed by atoms with Crippen molar-refractivity contribution in [2.75, 3.05) is 18.0 Å². The van der Waals surface area contributed by atoms with Crippen LogP contribution in [0.3, 0.4) is 0 Å². The van der Waals surface area contributed by atoms with Crippen LogP contribution < -0.4 is 10.2 Å². The van der Waals surface area contributed by atoms with Crippen molar-refractivity contribution < 1.29 is 14.1 Å². The quantitative estimate of drug-likeness (QED) is 0.770. The molecule has 0 saturated heterocycles. The molecule has 1 N–H and O–H groups in total. The Hall–Kier alpha value is -3.48. The molecule has 7 nitrogen and oxygen atoms in total. The fraction of sp³-hybridized carbons (Fsp3) is 0.200. The Morgan fingerprint density at radius 3 is 2.74 bits per heavy atom. The number of hydrogen-bond donors (Lipinski definition) is 1. The average Bonchev–Trinajstić information content (AvgIpc) is 3.32. The molecule has 0 radical (unpaired) electrons. The summed E-state index contributed by atoms with van der Waals surface area (Å²) in [5.41, 5.74) is 3.31. The third-order valence-electron chi connectivity index (χ3n) is 4.50. The number of amides is 2. The third kappa shape index (κ3) is 3.44. The van der Waals surface area contributed by atoms with Crippen LogP contribution >= 0.6 is 0 Å². The number of hydrogen-bond acceptors (Lipinski definition) is 5. The third-order valence-corrected chi connectivity index (χ3v) is 4.50. The van der Waals surface area contributed by atoms with Crippen LogP contribution in [0.5, 0.6) is 0 Å². The van der Waals surface area contributed by atoms with Crippen molar-refractivity contribution in [1.82, 2.24) is 15.5 Å². The van der Waals surface area contributed by atoms with Gasteiger partial charge in [0.05, 0.1) is 6.54 Å².